The lowest BCUT2D eigenvalue weighted by molar-refractivity contribution is -0.160. The third kappa shape index (κ3) is 9.08. The number of alkyl carbamates (subject to hydrolysis) is 1. The number of ether oxygens (including phenoxy) is 8. The lowest BCUT2D eigenvalue weighted by Crippen LogP contribution is -2.75. The van der Waals surface area contributed by atoms with Gasteiger partial charge in [-0.2, -0.15) is 17.0 Å². The van der Waals surface area contributed by atoms with Crippen molar-refractivity contribution in [3.63, 3.8) is 0 Å². The number of rotatable bonds is 17. The number of piperidine rings is 1. The van der Waals surface area contributed by atoms with Crippen molar-refractivity contribution in [3.8, 4) is 28.7 Å². The van der Waals surface area contributed by atoms with E-state index in [1.807, 2.05) is 42.2 Å². The second kappa shape index (κ2) is 20.3. The number of nitriles is 1. The van der Waals surface area contributed by atoms with Crippen LogP contribution in [-0.4, -0.2) is 140 Å². The molecule has 71 heavy (non-hydrogen) atoms. The number of aryl methyl sites for hydroxylation is 1. The second-order valence-corrected chi connectivity index (χ2v) is 20.8. The highest BCUT2D eigenvalue weighted by atomic mass is 32.2. The summed E-state index contributed by atoms with van der Waals surface area (Å²) in [5, 5.41) is 27.3. The normalized spacial score (nSPS) is 24.7. The first-order valence-corrected chi connectivity index (χ1v) is 25.1. The Balaban J connectivity index is 1.09. The van der Waals surface area contributed by atoms with Gasteiger partial charge in [0.05, 0.1) is 38.5 Å². The third-order valence-electron chi connectivity index (χ3n) is 14.3. The zero-order chi connectivity index (χ0) is 50.4. The van der Waals surface area contributed by atoms with Gasteiger partial charge in [0.1, 0.15) is 24.3 Å². The van der Waals surface area contributed by atoms with Crippen LogP contribution in [0.1, 0.15) is 73.9 Å². The number of thioether (sulfide) groups is 1. The first kappa shape index (κ1) is 50.1. The zero-order valence-corrected chi connectivity index (χ0v) is 42.1. The molecule has 0 aromatic heterocycles. The van der Waals surface area contributed by atoms with Gasteiger partial charge in [-0.3, -0.25) is 14.6 Å². The van der Waals surface area contributed by atoms with Crippen molar-refractivity contribution in [2.75, 3.05) is 65.7 Å². The topological polar surface area (TPSA) is 188 Å². The van der Waals surface area contributed by atoms with Gasteiger partial charge in [-0.1, -0.05) is 60.7 Å². The number of piperazine rings is 1. The van der Waals surface area contributed by atoms with Gasteiger partial charge in [0, 0.05) is 66.3 Å². The molecule has 9 rings (SSSR count). The molecule has 1 amide bonds. The fourth-order valence-electron chi connectivity index (χ4n) is 11.6. The van der Waals surface area contributed by atoms with Crippen molar-refractivity contribution >= 4 is 29.6 Å². The summed E-state index contributed by atoms with van der Waals surface area (Å²) in [5.41, 5.74) is 4.49. The maximum absolute atomic E-state index is 14.8. The minimum atomic E-state index is -2.18. The van der Waals surface area contributed by atoms with E-state index in [1.165, 1.54) is 34.0 Å². The van der Waals surface area contributed by atoms with E-state index in [-0.39, 0.29) is 60.9 Å². The molecule has 376 valence electrons. The van der Waals surface area contributed by atoms with Crippen LogP contribution in [-0.2, 0) is 44.4 Å². The summed E-state index contributed by atoms with van der Waals surface area (Å²) in [5.74, 6) is 0.716. The monoisotopic (exact) mass is 990 g/mol. The Morgan fingerprint density at radius 3 is 2.41 bits per heavy atom. The number of amides is 1. The van der Waals surface area contributed by atoms with E-state index in [4.69, 9.17) is 37.9 Å². The molecule has 0 spiro atoms. The number of carbonyl (C=O) groups excluding carboxylic acids is 3. The lowest BCUT2D eigenvalue weighted by Gasteiger charge is -2.63. The number of carbonyl (C=O) groups is 3. The summed E-state index contributed by atoms with van der Waals surface area (Å²) >= 11 is 1.50. The number of ketones is 1. The summed E-state index contributed by atoms with van der Waals surface area (Å²) in [6.07, 6.45) is 1.22. The standard InChI is InChI=1S/C54H62N4O12S/c1-9-18-57-39-22-32-21-30(2)46(64-8)48(67-28-65-20-19-63-7)43(32)45(57)40-23-54(62)44(49-47(68-29-69-49)31(3)50(54)59)42(58(40)41(39)24-55)25-66-51(60)38(56-52(61)70-53(4,5)6)27-71-26-37-35-16-12-10-14-33(35)34-15-11-13-17-36(34)37/h9-17,21,37-42,45,62H,1,18-20,22-23,25-29H2,2-8H3,(H,56,61)/t38-,39-,40?,41-,42-,45+,54?/m0/s1. The number of methoxy groups -OCH3 is 2. The fraction of sp³-hybridized carbons (Fsp3) is 0.481. The molecule has 2 bridgehead atoms. The molecule has 4 heterocycles. The van der Waals surface area contributed by atoms with Gasteiger partial charge in [0.15, 0.2) is 41.2 Å². The van der Waals surface area contributed by atoms with Crippen LogP contribution < -0.4 is 14.8 Å². The van der Waals surface area contributed by atoms with Crippen LogP contribution in [0.2, 0.25) is 0 Å². The molecule has 3 saturated heterocycles. The van der Waals surface area contributed by atoms with E-state index < -0.39 is 71.9 Å². The zero-order valence-electron chi connectivity index (χ0n) is 41.3. The number of hydrogen-bond donors (Lipinski definition) is 2. The SMILES string of the molecule is C=CCN1[C@H]2c3c(cc(C)c(OC)c3OCOCCOC)C[C@H]1[C@H](C#N)N1C2CC2(O)C(=O)C(C)=C3OCOC3=C2[C@@H]1COC(=O)[C@H](CSCC1c2ccccc2-c2ccccc21)NC(=O)OC(C)(C)C. The highest BCUT2D eigenvalue weighted by Crippen LogP contribution is 2.57. The molecule has 2 unspecified atom stereocenters. The van der Waals surface area contributed by atoms with Gasteiger partial charge < -0.3 is 48.3 Å². The highest BCUT2D eigenvalue weighted by Gasteiger charge is 2.65. The summed E-state index contributed by atoms with van der Waals surface area (Å²) in [6, 6.07) is 16.2. The molecule has 16 nitrogen and oxygen atoms in total. The molecule has 17 heteroatoms. The first-order valence-electron chi connectivity index (χ1n) is 24.0. The summed E-state index contributed by atoms with van der Waals surface area (Å²) in [4.78, 5) is 47.2. The summed E-state index contributed by atoms with van der Waals surface area (Å²) < 4.78 is 47.5. The largest absolute Gasteiger partial charge is 0.493 e. The number of nitrogens with zero attached hydrogens (tertiary/aromatic N) is 3. The van der Waals surface area contributed by atoms with Crippen LogP contribution in [0.25, 0.3) is 11.1 Å². The Bertz CT molecular complexity index is 2660. The highest BCUT2D eigenvalue weighted by molar-refractivity contribution is 7.99. The molecular weight excluding hydrogens is 929 g/mol. The van der Waals surface area contributed by atoms with E-state index >= 15 is 0 Å². The first-order chi connectivity index (χ1) is 34.1. The second-order valence-electron chi connectivity index (χ2n) is 19.7. The molecule has 3 aromatic rings. The smallest absolute Gasteiger partial charge is 0.408 e. The number of hydrogen-bond acceptors (Lipinski definition) is 16. The van der Waals surface area contributed by atoms with Crippen molar-refractivity contribution < 1.29 is 57.4 Å². The predicted octanol–water partition coefficient (Wildman–Crippen LogP) is 6.63. The van der Waals surface area contributed by atoms with Gasteiger partial charge in [-0.25, -0.2) is 9.59 Å². The summed E-state index contributed by atoms with van der Waals surface area (Å²) in [7, 11) is 3.15. The van der Waals surface area contributed by atoms with Gasteiger partial charge in [-0.05, 0) is 74.4 Å². The van der Waals surface area contributed by atoms with Gasteiger partial charge in [-0.15, -0.1) is 6.58 Å². The maximum Gasteiger partial charge on any atom is 0.408 e. The Hall–Kier alpha value is -5.87. The molecule has 0 radical (unpaired) electrons. The van der Waals surface area contributed by atoms with Gasteiger partial charge in [0.2, 0.25) is 6.79 Å². The van der Waals surface area contributed by atoms with E-state index in [1.54, 1.807) is 48.0 Å². The molecule has 3 fully saturated rings. The lowest BCUT2D eigenvalue weighted by atomic mass is 9.64. The number of fused-ring (bicyclic) bond motifs is 11. The van der Waals surface area contributed by atoms with Crippen molar-refractivity contribution in [1.82, 2.24) is 15.1 Å². The van der Waals surface area contributed by atoms with Gasteiger partial charge >= 0.3 is 12.1 Å². The Labute approximate surface area is 418 Å². The van der Waals surface area contributed by atoms with Crippen molar-refractivity contribution in [2.45, 2.75) is 101 Å². The van der Waals surface area contributed by atoms with Crippen LogP contribution >= 0.6 is 11.8 Å². The number of esters is 1. The van der Waals surface area contributed by atoms with E-state index in [9.17, 15) is 24.8 Å². The summed E-state index contributed by atoms with van der Waals surface area (Å²) in [6.45, 7) is 13.1. The molecule has 0 saturated carbocycles. The van der Waals surface area contributed by atoms with Crippen LogP contribution in [0.15, 0.2) is 89.9 Å². The molecule has 7 atom stereocenters. The van der Waals surface area contributed by atoms with Crippen LogP contribution in [0.3, 0.4) is 0 Å². The molecule has 4 aliphatic heterocycles. The van der Waals surface area contributed by atoms with Crippen LogP contribution in [0.4, 0.5) is 4.79 Å². The minimum absolute atomic E-state index is 0.0456. The van der Waals surface area contributed by atoms with Crippen molar-refractivity contribution in [3.05, 3.63) is 118 Å². The maximum atomic E-state index is 14.8. The average Bonchev–Trinajstić information content (AvgIpc) is 3.95. The fourth-order valence-corrected chi connectivity index (χ4v) is 12.8. The molecule has 6 aliphatic rings. The van der Waals surface area contributed by atoms with Crippen molar-refractivity contribution in [2.24, 2.45) is 0 Å². The van der Waals surface area contributed by atoms with E-state index in [2.05, 4.69) is 47.1 Å². The molecule has 3 aromatic carbocycles. The number of benzene rings is 3. The third-order valence-corrected chi connectivity index (χ3v) is 15.5. The number of aliphatic hydroxyl groups is 1. The Morgan fingerprint density at radius 1 is 1.04 bits per heavy atom. The van der Waals surface area contributed by atoms with Crippen LogP contribution in [0, 0.1) is 18.3 Å². The minimum Gasteiger partial charge on any atom is -0.493 e. The van der Waals surface area contributed by atoms with E-state index in [0.29, 0.717) is 36.8 Å². The van der Waals surface area contributed by atoms with Crippen LogP contribution in [0.5, 0.6) is 11.5 Å². The van der Waals surface area contributed by atoms with E-state index in [0.717, 1.165) is 16.7 Å². The number of Topliss-reactive ketones (excluding diaryl/α,β-unsaturated/α-hetero) is 1. The molecular formula is C54H62N4O12S. The van der Waals surface area contributed by atoms with Gasteiger partial charge in [0.25, 0.3) is 0 Å². The predicted molar refractivity (Wildman–Crippen MR) is 264 cm³/mol. The van der Waals surface area contributed by atoms with Crippen molar-refractivity contribution in [1.29, 1.82) is 5.26 Å². The average molecular weight is 991 g/mol. The molecule has 2 N–H and O–H groups in total. The quantitative estimate of drug-likeness (QED) is 0.0634. The molecule has 2 aliphatic carbocycles. The Kier molecular flexibility index (Phi) is 14.3. The number of nitrogens with one attached hydrogen (secondary N) is 1. The Morgan fingerprint density at radius 2 is 1.75 bits per heavy atom.